The van der Waals surface area contributed by atoms with Crippen LogP contribution in [0.4, 0.5) is 0 Å². The average molecular weight is 352 g/mol. The summed E-state index contributed by atoms with van der Waals surface area (Å²) in [6.45, 7) is 7.22. The Morgan fingerprint density at radius 3 is 2.85 bits per heavy atom. The second-order valence-corrected chi connectivity index (χ2v) is 7.59. The van der Waals surface area contributed by atoms with Crippen LogP contribution in [0, 0.1) is 12.8 Å². The van der Waals surface area contributed by atoms with Crippen molar-refractivity contribution in [3.8, 4) is 0 Å². The Morgan fingerprint density at radius 2 is 2.08 bits per heavy atom. The lowest BCUT2D eigenvalue weighted by Crippen LogP contribution is -2.50. The molecular weight excluding hydrogens is 324 g/mol. The Hall–Kier alpha value is -1.82. The van der Waals surface area contributed by atoms with Crippen molar-refractivity contribution in [2.45, 2.75) is 38.6 Å². The predicted molar refractivity (Wildman–Crippen MR) is 102 cm³/mol. The van der Waals surface area contributed by atoms with Gasteiger partial charge in [-0.25, -0.2) is 0 Å². The molecule has 4 heterocycles. The number of nitrogens with zero attached hydrogens (tertiary/aromatic N) is 4. The fourth-order valence-electron chi connectivity index (χ4n) is 4.58. The van der Waals surface area contributed by atoms with Crippen LogP contribution >= 0.6 is 0 Å². The Bertz CT molecular complexity index is 723. The van der Waals surface area contributed by atoms with Gasteiger partial charge in [-0.2, -0.15) is 0 Å². The summed E-state index contributed by atoms with van der Waals surface area (Å²) < 4.78 is 5.84. The quantitative estimate of drug-likeness (QED) is 0.827. The summed E-state index contributed by atoms with van der Waals surface area (Å²) in [5.74, 6) is 0.565. The maximum absolute atomic E-state index is 5.84. The molecule has 138 valence electrons. The van der Waals surface area contributed by atoms with E-state index in [0.717, 1.165) is 44.8 Å². The topological polar surface area (TPSA) is 41.5 Å². The lowest BCUT2D eigenvalue weighted by Gasteiger charge is -2.41. The van der Waals surface area contributed by atoms with Gasteiger partial charge in [0.1, 0.15) is 0 Å². The van der Waals surface area contributed by atoms with Crippen LogP contribution in [0.25, 0.3) is 0 Å². The number of piperidine rings is 1. The van der Waals surface area contributed by atoms with Crippen LogP contribution in [0.2, 0.25) is 0 Å². The van der Waals surface area contributed by atoms with Gasteiger partial charge in [-0.3, -0.25) is 19.8 Å². The molecule has 0 aliphatic carbocycles. The minimum absolute atomic E-state index is 0.362. The van der Waals surface area contributed by atoms with Gasteiger partial charge in [-0.05, 0) is 37.1 Å². The van der Waals surface area contributed by atoms with Gasteiger partial charge in [0.2, 0.25) is 0 Å². The van der Waals surface area contributed by atoms with E-state index < -0.39 is 0 Å². The molecule has 0 bridgehead atoms. The minimum atomic E-state index is 0.362. The van der Waals surface area contributed by atoms with Crippen molar-refractivity contribution in [2.75, 3.05) is 26.7 Å². The molecule has 0 spiro atoms. The first kappa shape index (κ1) is 17.6. The van der Waals surface area contributed by atoms with E-state index in [1.165, 1.54) is 11.3 Å². The summed E-state index contributed by atoms with van der Waals surface area (Å²) in [5.41, 5.74) is 3.55. The van der Waals surface area contributed by atoms with Gasteiger partial charge in [0.25, 0.3) is 0 Å². The smallest absolute Gasteiger partial charge is 0.0639 e. The molecule has 2 aromatic rings. The highest BCUT2D eigenvalue weighted by Gasteiger charge is 2.44. The zero-order chi connectivity index (χ0) is 17.9. The second-order valence-electron chi connectivity index (χ2n) is 7.59. The number of aryl methyl sites for hydroxylation is 1. The van der Waals surface area contributed by atoms with E-state index >= 15 is 0 Å². The molecule has 0 radical (unpaired) electrons. The number of pyridine rings is 2. The first-order chi connectivity index (χ1) is 12.7. The monoisotopic (exact) mass is 352 g/mol. The molecule has 2 saturated heterocycles. The molecular formula is C21H28N4O. The van der Waals surface area contributed by atoms with Gasteiger partial charge in [0.15, 0.2) is 0 Å². The second kappa shape index (κ2) is 7.82. The van der Waals surface area contributed by atoms with Gasteiger partial charge < -0.3 is 4.74 Å². The van der Waals surface area contributed by atoms with E-state index in [4.69, 9.17) is 9.72 Å². The maximum Gasteiger partial charge on any atom is 0.0639 e. The third-order valence-corrected chi connectivity index (χ3v) is 5.80. The molecule has 5 heteroatoms. The van der Waals surface area contributed by atoms with E-state index in [2.05, 4.69) is 46.0 Å². The molecule has 26 heavy (non-hydrogen) atoms. The van der Waals surface area contributed by atoms with E-state index in [1.807, 2.05) is 25.6 Å². The Kier molecular flexibility index (Phi) is 5.29. The summed E-state index contributed by atoms with van der Waals surface area (Å²) in [5, 5.41) is 0. The van der Waals surface area contributed by atoms with Crippen molar-refractivity contribution in [2.24, 2.45) is 5.92 Å². The van der Waals surface area contributed by atoms with Gasteiger partial charge in [0.05, 0.1) is 11.8 Å². The molecule has 2 aliphatic rings. The van der Waals surface area contributed by atoms with Gasteiger partial charge in [-0.15, -0.1) is 0 Å². The highest BCUT2D eigenvalue weighted by Crippen LogP contribution is 2.33. The molecule has 0 amide bonds. The fraction of sp³-hybridized carbons (Fsp3) is 0.524. The van der Waals surface area contributed by atoms with Crippen LogP contribution in [-0.4, -0.2) is 58.7 Å². The van der Waals surface area contributed by atoms with Crippen molar-refractivity contribution in [3.05, 3.63) is 59.7 Å². The van der Waals surface area contributed by atoms with Crippen LogP contribution in [0.3, 0.4) is 0 Å². The fourth-order valence-corrected chi connectivity index (χ4v) is 4.58. The number of methoxy groups -OCH3 is 1. The number of hydrogen-bond acceptors (Lipinski definition) is 5. The zero-order valence-electron chi connectivity index (χ0n) is 15.7. The molecule has 5 nitrogen and oxygen atoms in total. The lowest BCUT2D eigenvalue weighted by atomic mass is 9.89. The Balaban J connectivity index is 1.48. The van der Waals surface area contributed by atoms with Crippen molar-refractivity contribution < 1.29 is 4.74 Å². The van der Waals surface area contributed by atoms with Gasteiger partial charge >= 0.3 is 0 Å². The minimum Gasteiger partial charge on any atom is -0.381 e. The molecule has 2 fully saturated rings. The molecule has 2 aliphatic heterocycles. The van der Waals surface area contributed by atoms with Crippen molar-refractivity contribution >= 4 is 0 Å². The first-order valence-corrected chi connectivity index (χ1v) is 9.53. The normalized spacial score (nSPS) is 26.8. The first-order valence-electron chi connectivity index (χ1n) is 9.53. The summed E-state index contributed by atoms with van der Waals surface area (Å²) in [7, 11) is 1.86. The van der Waals surface area contributed by atoms with Crippen LogP contribution in [0.1, 0.15) is 23.4 Å². The summed E-state index contributed by atoms with van der Waals surface area (Å²) >= 11 is 0. The number of fused-ring (bicyclic) bond motifs is 1. The molecule has 3 atom stereocenters. The van der Waals surface area contributed by atoms with Crippen LogP contribution in [0.5, 0.6) is 0 Å². The average Bonchev–Trinajstić information content (AvgIpc) is 3.07. The molecule has 0 unspecified atom stereocenters. The van der Waals surface area contributed by atoms with Crippen molar-refractivity contribution in [1.82, 2.24) is 19.8 Å². The SMILES string of the molecule is CO[C@@H]1CCN(Cc2cccc(C)n2)[C@@H]2CN(Cc3cccnc3)C[C@@H]21. The molecule has 0 aromatic carbocycles. The number of hydrogen-bond donors (Lipinski definition) is 0. The molecule has 0 saturated carbocycles. The van der Waals surface area contributed by atoms with E-state index in [1.54, 1.807) is 0 Å². The third-order valence-electron chi connectivity index (χ3n) is 5.80. The Morgan fingerprint density at radius 1 is 1.15 bits per heavy atom. The number of aromatic nitrogens is 2. The van der Waals surface area contributed by atoms with E-state index in [9.17, 15) is 0 Å². The molecule has 0 N–H and O–H groups in total. The summed E-state index contributed by atoms with van der Waals surface area (Å²) in [4.78, 5) is 14.1. The third kappa shape index (κ3) is 3.80. The van der Waals surface area contributed by atoms with Crippen LogP contribution < -0.4 is 0 Å². The van der Waals surface area contributed by atoms with Crippen LogP contribution in [0.15, 0.2) is 42.7 Å². The molecule has 2 aromatic heterocycles. The van der Waals surface area contributed by atoms with Gasteiger partial charge in [-0.1, -0.05) is 12.1 Å². The standard InChI is InChI=1S/C21H28N4O/c1-16-5-3-7-18(23-16)13-25-10-8-21(26-2)19-14-24(15-20(19)25)12-17-6-4-9-22-11-17/h3-7,9,11,19-21H,8,10,12-15H2,1-2H3/t19-,20+,21+/m0/s1. The zero-order valence-corrected chi connectivity index (χ0v) is 15.7. The van der Waals surface area contributed by atoms with Crippen LogP contribution in [-0.2, 0) is 17.8 Å². The maximum atomic E-state index is 5.84. The van der Waals surface area contributed by atoms with E-state index in [0.29, 0.717) is 18.1 Å². The van der Waals surface area contributed by atoms with Crippen molar-refractivity contribution in [3.63, 3.8) is 0 Å². The highest BCUT2D eigenvalue weighted by molar-refractivity contribution is 5.12. The van der Waals surface area contributed by atoms with Crippen molar-refractivity contribution in [1.29, 1.82) is 0 Å². The number of likely N-dealkylation sites (tertiary alicyclic amines) is 2. The largest absolute Gasteiger partial charge is 0.381 e. The lowest BCUT2D eigenvalue weighted by molar-refractivity contribution is -0.0248. The summed E-state index contributed by atoms with van der Waals surface area (Å²) in [6.07, 6.45) is 5.28. The molecule has 4 rings (SSSR count). The summed E-state index contributed by atoms with van der Waals surface area (Å²) in [6, 6.07) is 11.0. The number of ether oxygens (including phenoxy) is 1. The Labute approximate surface area is 156 Å². The highest BCUT2D eigenvalue weighted by atomic mass is 16.5. The van der Waals surface area contributed by atoms with Gasteiger partial charge in [0, 0.05) is 69.9 Å². The van der Waals surface area contributed by atoms with E-state index in [-0.39, 0.29) is 0 Å². The predicted octanol–water partition coefficient (Wildman–Crippen LogP) is 2.51. The number of rotatable bonds is 5.